The van der Waals surface area contributed by atoms with E-state index < -0.39 is 0 Å². The van der Waals surface area contributed by atoms with E-state index in [1.54, 1.807) is 11.1 Å². The van der Waals surface area contributed by atoms with Crippen molar-refractivity contribution >= 4 is 0 Å². The van der Waals surface area contributed by atoms with Gasteiger partial charge in [0.15, 0.2) is 0 Å². The van der Waals surface area contributed by atoms with Gasteiger partial charge in [-0.25, -0.2) is 0 Å². The Labute approximate surface area is 93.7 Å². The minimum atomic E-state index is 0.816. The first-order valence-corrected chi connectivity index (χ1v) is 6.35. The molecule has 0 saturated carbocycles. The number of hydrogen-bond acceptors (Lipinski definition) is 0. The van der Waals surface area contributed by atoms with Crippen LogP contribution in [0.1, 0.15) is 50.7 Å². The summed E-state index contributed by atoms with van der Waals surface area (Å²) in [6.07, 6.45) is 3.93. The van der Waals surface area contributed by atoms with E-state index in [1.807, 2.05) is 0 Å². The van der Waals surface area contributed by atoms with Gasteiger partial charge >= 0.3 is 0 Å². The smallest absolute Gasteiger partial charge is 0.0102 e. The molecule has 0 bridgehead atoms. The second-order valence-corrected chi connectivity index (χ2v) is 4.98. The molecule has 0 fully saturated rings. The minimum Gasteiger partial charge on any atom is -0.0651 e. The maximum atomic E-state index is 2.41. The Balaban J connectivity index is 2.33. The topological polar surface area (TPSA) is 0 Å². The van der Waals surface area contributed by atoms with Crippen LogP contribution in [0, 0.1) is 11.8 Å². The summed E-state index contributed by atoms with van der Waals surface area (Å²) < 4.78 is 0. The van der Waals surface area contributed by atoms with Crippen molar-refractivity contribution in [2.75, 3.05) is 0 Å². The van der Waals surface area contributed by atoms with Crippen molar-refractivity contribution in [3.05, 3.63) is 35.4 Å². The van der Waals surface area contributed by atoms with E-state index in [-0.39, 0.29) is 0 Å². The molecule has 2 rings (SSSR count). The average molecular weight is 202 g/mol. The summed E-state index contributed by atoms with van der Waals surface area (Å²) in [5.41, 5.74) is 3.24. The molecule has 1 aromatic rings. The van der Waals surface area contributed by atoms with Gasteiger partial charge < -0.3 is 0 Å². The van der Waals surface area contributed by atoms with Crippen LogP contribution in [0.4, 0.5) is 0 Å². The standard InChI is InChI=1S/C15H22/c1-4-11(3)15-12(5-2)10-13-8-6-7-9-14(13)15/h6-9,11-12,15H,4-5,10H2,1-3H3. The summed E-state index contributed by atoms with van der Waals surface area (Å²) in [6, 6.07) is 9.05. The highest BCUT2D eigenvalue weighted by atomic mass is 14.4. The van der Waals surface area contributed by atoms with Crippen molar-refractivity contribution in [2.45, 2.75) is 46.0 Å². The molecule has 0 N–H and O–H groups in total. The highest BCUT2D eigenvalue weighted by Gasteiger charge is 2.33. The molecule has 1 aliphatic carbocycles. The van der Waals surface area contributed by atoms with Crippen LogP contribution in [-0.4, -0.2) is 0 Å². The van der Waals surface area contributed by atoms with Crippen molar-refractivity contribution in [3.63, 3.8) is 0 Å². The van der Waals surface area contributed by atoms with Gasteiger partial charge in [-0.1, -0.05) is 57.9 Å². The summed E-state index contributed by atoms with van der Waals surface area (Å²) in [5, 5.41) is 0. The quantitative estimate of drug-likeness (QED) is 0.681. The molecule has 0 saturated heterocycles. The van der Waals surface area contributed by atoms with Gasteiger partial charge in [-0.15, -0.1) is 0 Å². The lowest BCUT2D eigenvalue weighted by Crippen LogP contribution is -2.14. The second kappa shape index (κ2) is 4.38. The zero-order valence-corrected chi connectivity index (χ0v) is 10.2. The molecule has 0 amide bonds. The van der Waals surface area contributed by atoms with Crippen LogP contribution in [-0.2, 0) is 6.42 Å². The average Bonchev–Trinajstić information content (AvgIpc) is 2.66. The number of hydrogen-bond donors (Lipinski definition) is 0. The lowest BCUT2D eigenvalue weighted by Gasteiger charge is -2.25. The van der Waals surface area contributed by atoms with Crippen LogP contribution in [0.2, 0.25) is 0 Å². The van der Waals surface area contributed by atoms with Crippen molar-refractivity contribution in [1.29, 1.82) is 0 Å². The first kappa shape index (κ1) is 10.7. The molecule has 0 aromatic heterocycles. The lowest BCUT2D eigenvalue weighted by molar-refractivity contribution is 0.333. The molecule has 1 aromatic carbocycles. The Morgan fingerprint density at radius 2 is 2.00 bits per heavy atom. The largest absolute Gasteiger partial charge is 0.0651 e. The molecular weight excluding hydrogens is 180 g/mol. The molecule has 0 radical (unpaired) electrons. The number of fused-ring (bicyclic) bond motifs is 1. The van der Waals surface area contributed by atoms with Gasteiger partial charge in [0.05, 0.1) is 0 Å². The Morgan fingerprint density at radius 1 is 1.27 bits per heavy atom. The van der Waals surface area contributed by atoms with E-state index in [2.05, 4.69) is 45.0 Å². The second-order valence-electron chi connectivity index (χ2n) is 4.98. The molecule has 0 spiro atoms. The van der Waals surface area contributed by atoms with Gasteiger partial charge in [-0.2, -0.15) is 0 Å². The maximum absolute atomic E-state index is 2.41. The van der Waals surface area contributed by atoms with E-state index >= 15 is 0 Å². The molecule has 0 heteroatoms. The fraction of sp³-hybridized carbons (Fsp3) is 0.600. The van der Waals surface area contributed by atoms with Gasteiger partial charge in [-0.3, -0.25) is 0 Å². The van der Waals surface area contributed by atoms with Gasteiger partial charge in [0.1, 0.15) is 0 Å². The van der Waals surface area contributed by atoms with Gasteiger partial charge in [0, 0.05) is 0 Å². The maximum Gasteiger partial charge on any atom is -0.0102 e. The number of rotatable bonds is 3. The van der Waals surface area contributed by atoms with E-state index in [0.29, 0.717) is 0 Å². The fourth-order valence-corrected chi connectivity index (χ4v) is 3.13. The molecule has 0 heterocycles. The summed E-state index contributed by atoms with van der Waals surface area (Å²) >= 11 is 0. The molecular formula is C15H22. The molecule has 0 aliphatic heterocycles. The Hall–Kier alpha value is -0.780. The van der Waals surface area contributed by atoms with E-state index in [0.717, 1.165) is 17.8 Å². The Bertz CT molecular complexity index is 327. The Kier molecular flexibility index (Phi) is 3.14. The first-order valence-electron chi connectivity index (χ1n) is 6.35. The lowest BCUT2D eigenvalue weighted by atomic mass is 9.80. The molecule has 1 aliphatic rings. The summed E-state index contributed by atoms with van der Waals surface area (Å²) in [7, 11) is 0. The summed E-state index contributed by atoms with van der Waals surface area (Å²) in [6.45, 7) is 7.07. The predicted octanol–water partition coefficient (Wildman–Crippen LogP) is 4.40. The van der Waals surface area contributed by atoms with Crippen molar-refractivity contribution < 1.29 is 0 Å². The highest BCUT2D eigenvalue weighted by molar-refractivity contribution is 5.36. The highest BCUT2D eigenvalue weighted by Crippen LogP contribution is 2.44. The van der Waals surface area contributed by atoms with Crippen LogP contribution < -0.4 is 0 Å². The summed E-state index contributed by atoms with van der Waals surface area (Å²) in [4.78, 5) is 0. The van der Waals surface area contributed by atoms with E-state index in [9.17, 15) is 0 Å². The van der Waals surface area contributed by atoms with E-state index in [1.165, 1.54) is 19.3 Å². The molecule has 15 heavy (non-hydrogen) atoms. The van der Waals surface area contributed by atoms with Crippen LogP contribution in [0.5, 0.6) is 0 Å². The summed E-state index contributed by atoms with van der Waals surface area (Å²) in [5.74, 6) is 2.53. The predicted molar refractivity (Wildman–Crippen MR) is 66.1 cm³/mol. The third-order valence-corrected chi connectivity index (χ3v) is 4.19. The van der Waals surface area contributed by atoms with Crippen molar-refractivity contribution in [3.8, 4) is 0 Å². The normalized spacial score (nSPS) is 26.3. The minimum absolute atomic E-state index is 0.816. The zero-order chi connectivity index (χ0) is 10.8. The molecule has 3 unspecified atom stereocenters. The van der Waals surface area contributed by atoms with Crippen LogP contribution in [0.3, 0.4) is 0 Å². The van der Waals surface area contributed by atoms with Crippen molar-refractivity contribution in [1.82, 2.24) is 0 Å². The molecule has 3 atom stereocenters. The SMILES string of the molecule is CCC(C)C1c2ccccc2CC1CC. The third-order valence-electron chi connectivity index (χ3n) is 4.19. The van der Waals surface area contributed by atoms with Crippen LogP contribution in [0.25, 0.3) is 0 Å². The van der Waals surface area contributed by atoms with Crippen molar-refractivity contribution in [2.24, 2.45) is 11.8 Å². The zero-order valence-electron chi connectivity index (χ0n) is 10.2. The van der Waals surface area contributed by atoms with Gasteiger partial charge in [-0.05, 0) is 35.3 Å². The van der Waals surface area contributed by atoms with Crippen LogP contribution >= 0.6 is 0 Å². The van der Waals surface area contributed by atoms with Crippen LogP contribution in [0.15, 0.2) is 24.3 Å². The molecule has 82 valence electrons. The monoisotopic (exact) mass is 202 g/mol. The number of benzene rings is 1. The van der Waals surface area contributed by atoms with Gasteiger partial charge in [0.2, 0.25) is 0 Å². The van der Waals surface area contributed by atoms with E-state index in [4.69, 9.17) is 0 Å². The van der Waals surface area contributed by atoms with Gasteiger partial charge in [0.25, 0.3) is 0 Å². The fourth-order valence-electron chi connectivity index (χ4n) is 3.13. The Morgan fingerprint density at radius 3 is 2.67 bits per heavy atom. The molecule has 0 nitrogen and oxygen atoms in total. The third kappa shape index (κ3) is 1.82. The first-order chi connectivity index (χ1) is 7.27.